The molecule has 1 aromatic heterocycles. The monoisotopic (exact) mass is 266 g/mol. The molecule has 18 heavy (non-hydrogen) atoms. The zero-order valence-electron chi connectivity index (χ0n) is 9.35. The number of nitrogens with zero attached hydrogens (tertiary/aromatic N) is 2. The third-order valence-corrected chi connectivity index (χ3v) is 2.56. The molecule has 0 atom stereocenters. The quantitative estimate of drug-likeness (QED) is 0.801. The van der Waals surface area contributed by atoms with Crippen molar-refractivity contribution >= 4 is 17.4 Å². The fraction of sp³-hybridized carbons (Fsp3) is 0.0833. The van der Waals surface area contributed by atoms with E-state index in [1.54, 1.807) is 0 Å². The van der Waals surface area contributed by atoms with Crippen LogP contribution >= 0.6 is 11.6 Å². The molecular weight excluding hydrogens is 259 g/mol. The van der Waals surface area contributed by atoms with E-state index in [1.165, 1.54) is 31.6 Å². The normalized spacial score (nSPS) is 10.2. The Bertz CT molecular complexity index is 587. The van der Waals surface area contributed by atoms with Crippen LogP contribution in [0.2, 0.25) is 5.02 Å². The summed E-state index contributed by atoms with van der Waals surface area (Å²) in [5.41, 5.74) is 0.455. The molecule has 1 heterocycles. The van der Waals surface area contributed by atoms with Gasteiger partial charge in [0.1, 0.15) is 5.82 Å². The van der Waals surface area contributed by atoms with Crippen molar-refractivity contribution in [1.82, 2.24) is 9.97 Å². The molecular formula is C12H8ClFN2O2. The summed E-state index contributed by atoms with van der Waals surface area (Å²) in [6, 6.07) is 3.74. The molecule has 2 aromatic rings. The number of benzene rings is 1. The maximum atomic E-state index is 12.9. The van der Waals surface area contributed by atoms with Crippen LogP contribution in [0.15, 0.2) is 30.6 Å². The van der Waals surface area contributed by atoms with E-state index in [0.717, 1.165) is 6.07 Å². The fourth-order valence-corrected chi connectivity index (χ4v) is 1.62. The van der Waals surface area contributed by atoms with E-state index in [2.05, 4.69) is 9.97 Å². The maximum Gasteiger partial charge on any atom is 0.316 e. The molecule has 2 rings (SSSR count). The molecule has 6 heteroatoms. The van der Waals surface area contributed by atoms with Crippen molar-refractivity contribution < 1.29 is 13.9 Å². The molecule has 0 aliphatic rings. The van der Waals surface area contributed by atoms with Gasteiger partial charge in [-0.1, -0.05) is 11.6 Å². The Morgan fingerprint density at radius 3 is 2.56 bits per heavy atom. The van der Waals surface area contributed by atoms with Gasteiger partial charge in [0.15, 0.2) is 5.78 Å². The highest BCUT2D eigenvalue weighted by Crippen LogP contribution is 2.20. The van der Waals surface area contributed by atoms with Crippen LogP contribution in [-0.4, -0.2) is 22.9 Å². The van der Waals surface area contributed by atoms with Crippen LogP contribution in [0.5, 0.6) is 6.01 Å². The van der Waals surface area contributed by atoms with Crippen molar-refractivity contribution in [1.29, 1.82) is 0 Å². The summed E-state index contributed by atoms with van der Waals surface area (Å²) >= 11 is 5.81. The Morgan fingerprint density at radius 1 is 1.33 bits per heavy atom. The number of carbonyl (C=O) groups is 1. The van der Waals surface area contributed by atoms with Crippen molar-refractivity contribution in [3.05, 3.63) is 52.6 Å². The summed E-state index contributed by atoms with van der Waals surface area (Å²) in [6.45, 7) is 0. The van der Waals surface area contributed by atoms with Gasteiger partial charge in [-0.25, -0.2) is 14.4 Å². The Labute approximate surface area is 107 Å². The fourth-order valence-electron chi connectivity index (χ4n) is 1.37. The Hall–Kier alpha value is -2.01. The lowest BCUT2D eigenvalue weighted by molar-refractivity contribution is 0.103. The first-order valence-corrected chi connectivity index (χ1v) is 5.35. The standard InChI is InChI=1S/C12H8ClFN2O2/c1-18-12-15-5-7(6-16-12)11(17)9-3-2-8(14)4-10(9)13/h2-6H,1H3. The van der Waals surface area contributed by atoms with Gasteiger partial charge in [-0.15, -0.1) is 0 Å². The van der Waals surface area contributed by atoms with Crippen LogP contribution in [0.4, 0.5) is 4.39 Å². The molecule has 0 unspecified atom stereocenters. The smallest absolute Gasteiger partial charge is 0.316 e. The number of ketones is 1. The molecule has 0 spiro atoms. The minimum atomic E-state index is -0.498. The second-order valence-corrected chi connectivity index (χ2v) is 3.82. The summed E-state index contributed by atoms with van der Waals surface area (Å²) in [7, 11) is 1.42. The van der Waals surface area contributed by atoms with Gasteiger partial charge in [-0.3, -0.25) is 4.79 Å². The molecule has 4 nitrogen and oxygen atoms in total. The van der Waals surface area contributed by atoms with Crippen molar-refractivity contribution in [2.24, 2.45) is 0 Å². The lowest BCUT2D eigenvalue weighted by atomic mass is 10.1. The predicted molar refractivity (Wildman–Crippen MR) is 63.4 cm³/mol. The number of ether oxygens (including phenoxy) is 1. The highest BCUT2D eigenvalue weighted by molar-refractivity contribution is 6.34. The van der Waals surface area contributed by atoms with Gasteiger partial charge in [0.2, 0.25) is 0 Å². The van der Waals surface area contributed by atoms with Crippen molar-refractivity contribution in [2.45, 2.75) is 0 Å². The van der Waals surface area contributed by atoms with Crippen LogP contribution < -0.4 is 4.74 Å². The largest absolute Gasteiger partial charge is 0.467 e. The lowest BCUT2D eigenvalue weighted by Crippen LogP contribution is -2.04. The topological polar surface area (TPSA) is 52.1 Å². The molecule has 0 bridgehead atoms. The molecule has 0 N–H and O–H groups in total. The van der Waals surface area contributed by atoms with Crippen molar-refractivity contribution in [2.75, 3.05) is 7.11 Å². The van der Waals surface area contributed by atoms with Gasteiger partial charge in [0, 0.05) is 18.0 Å². The zero-order chi connectivity index (χ0) is 13.1. The molecule has 1 aromatic carbocycles. The van der Waals surface area contributed by atoms with Gasteiger partial charge in [0.05, 0.1) is 17.7 Å². The lowest BCUT2D eigenvalue weighted by Gasteiger charge is -2.03. The van der Waals surface area contributed by atoms with Gasteiger partial charge in [-0.2, -0.15) is 0 Å². The minimum absolute atomic E-state index is 0.0517. The molecule has 0 radical (unpaired) electrons. The molecule has 0 amide bonds. The molecule has 0 aliphatic carbocycles. The summed E-state index contributed by atoms with van der Waals surface area (Å²) < 4.78 is 17.7. The zero-order valence-corrected chi connectivity index (χ0v) is 10.1. The van der Waals surface area contributed by atoms with Crippen LogP contribution in [-0.2, 0) is 0 Å². The number of hydrogen-bond acceptors (Lipinski definition) is 4. The summed E-state index contributed by atoms with van der Waals surface area (Å²) in [6.07, 6.45) is 2.65. The van der Waals surface area contributed by atoms with E-state index >= 15 is 0 Å². The first kappa shape index (κ1) is 12.4. The number of rotatable bonds is 3. The van der Waals surface area contributed by atoms with E-state index in [-0.39, 0.29) is 27.9 Å². The van der Waals surface area contributed by atoms with E-state index in [0.29, 0.717) is 0 Å². The van der Waals surface area contributed by atoms with Gasteiger partial charge < -0.3 is 4.74 Å². The SMILES string of the molecule is COc1ncc(C(=O)c2ccc(F)cc2Cl)cn1. The number of methoxy groups -OCH3 is 1. The highest BCUT2D eigenvalue weighted by Gasteiger charge is 2.14. The minimum Gasteiger partial charge on any atom is -0.467 e. The van der Waals surface area contributed by atoms with Gasteiger partial charge in [0.25, 0.3) is 0 Å². The molecule has 0 fully saturated rings. The molecule has 0 aliphatic heterocycles. The third kappa shape index (κ3) is 2.46. The van der Waals surface area contributed by atoms with Gasteiger partial charge >= 0.3 is 6.01 Å². The first-order valence-electron chi connectivity index (χ1n) is 4.97. The van der Waals surface area contributed by atoms with Crippen LogP contribution in [0.3, 0.4) is 0 Å². The summed E-state index contributed by atoms with van der Waals surface area (Å²) in [5.74, 6) is -0.870. The molecule has 92 valence electrons. The van der Waals surface area contributed by atoms with Crippen molar-refractivity contribution in [3.8, 4) is 6.01 Å². The number of hydrogen-bond donors (Lipinski definition) is 0. The van der Waals surface area contributed by atoms with Gasteiger partial charge in [-0.05, 0) is 18.2 Å². The third-order valence-electron chi connectivity index (χ3n) is 2.25. The Balaban J connectivity index is 2.35. The summed E-state index contributed by atoms with van der Waals surface area (Å²) in [4.78, 5) is 19.7. The average Bonchev–Trinajstić information content (AvgIpc) is 2.38. The summed E-state index contributed by atoms with van der Waals surface area (Å²) in [5, 5.41) is 0.0517. The van der Waals surface area contributed by atoms with E-state index in [4.69, 9.17) is 16.3 Å². The van der Waals surface area contributed by atoms with E-state index in [9.17, 15) is 9.18 Å². The first-order chi connectivity index (χ1) is 8.61. The maximum absolute atomic E-state index is 12.9. The molecule has 0 saturated carbocycles. The Kier molecular flexibility index (Phi) is 3.53. The molecule has 0 saturated heterocycles. The second kappa shape index (κ2) is 5.10. The van der Waals surface area contributed by atoms with Crippen molar-refractivity contribution in [3.63, 3.8) is 0 Å². The number of aromatic nitrogens is 2. The van der Waals surface area contributed by atoms with Crippen LogP contribution in [0, 0.1) is 5.82 Å². The predicted octanol–water partition coefficient (Wildman–Crippen LogP) is 2.51. The number of halogens is 2. The van der Waals surface area contributed by atoms with Crippen LogP contribution in [0.1, 0.15) is 15.9 Å². The van der Waals surface area contributed by atoms with Crippen LogP contribution in [0.25, 0.3) is 0 Å². The average molecular weight is 267 g/mol. The second-order valence-electron chi connectivity index (χ2n) is 3.41. The highest BCUT2D eigenvalue weighted by atomic mass is 35.5. The number of carbonyl (C=O) groups excluding carboxylic acids is 1. The van der Waals surface area contributed by atoms with E-state index in [1.807, 2.05) is 0 Å². The Morgan fingerprint density at radius 2 is 2.00 bits per heavy atom. The van der Waals surface area contributed by atoms with E-state index < -0.39 is 5.82 Å².